The zero-order valence-electron chi connectivity index (χ0n) is 10.1. The van der Waals surface area contributed by atoms with Crippen LogP contribution in [-0.2, 0) is 9.53 Å². The van der Waals surface area contributed by atoms with Crippen molar-refractivity contribution in [3.8, 4) is 5.75 Å². The van der Waals surface area contributed by atoms with Gasteiger partial charge in [-0.05, 0) is 31.2 Å². The average molecular weight is 275 g/mol. The Balaban J connectivity index is 2.12. The van der Waals surface area contributed by atoms with E-state index < -0.39 is 12.5 Å². The minimum atomic E-state index is -4.72. The maximum absolute atomic E-state index is 12.0. The lowest BCUT2D eigenvalue weighted by molar-refractivity contribution is -0.274. The molecule has 0 saturated carbocycles. The number of hydrogen-bond acceptors (Lipinski definition) is 3. The summed E-state index contributed by atoms with van der Waals surface area (Å²) in [5, 5.41) is 0. The highest BCUT2D eigenvalue weighted by Crippen LogP contribution is 2.26. The van der Waals surface area contributed by atoms with Crippen molar-refractivity contribution >= 4 is 11.6 Å². The van der Waals surface area contributed by atoms with Crippen molar-refractivity contribution in [1.82, 2.24) is 0 Å². The van der Waals surface area contributed by atoms with Gasteiger partial charge < -0.3 is 14.4 Å². The van der Waals surface area contributed by atoms with E-state index in [4.69, 9.17) is 4.74 Å². The van der Waals surface area contributed by atoms with Gasteiger partial charge in [-0.3, -0.25) is 4.79 Å². The third-order valence-electron chi connectivity index (χ3n) is 2.68. The third-order valence-corrected chi connectivity index (χ3v) is 2.68. The van der Waals surface area contributed by atoms with Crippen molar-refractivity contribution in [3.63, 3.8) is 0 Å². The van der Waals surface area contributed by atoms with Gasteiger partial charge in [0, 0.05) is 12.2 Å². The normalized spacial score (nSPS) is 20.5. The number of alkyl halides is 3. The molecule has 2 rings (SSSR count). The van der Waals surface area contributed by atoms with Crippen LogP contribution >= 0.6 is 0 Å². The number of rotatable bonds is 2. The molecule has 1 aliphatic heterocycles. The van der Waals surface area contributed by atoms with Crippen LogP contribution in [0.3, 0.4) is 0 Å². The lowest BCUT2D eigenvalue weighted by Crippen LogP contribution is -2.46. The molecule has 1 unspecified atom stereocenters. The molecule has 1 amide bonds. The van der Waals surface area contributed by atoms with Crippen LogP contribution in [0.2, 0.25) is 0 Å². The van der Waals surface area contributed by atoms with Crippen LogP contribution in [0.1, 0.15) is 6.92 Å². The summed E-state index contributed by atoms with van der Waals surface area (Å²) in [4.78, 5) is 13.3. The van der Waals surface area contributed by atoms with Crippen molar-refractivity contribution in [3.05, 3.63) is 24.3 Å². The smallest absolute Gasteiger partial charge is 0.406 e. The molecule has 19 heavy (non-hydrogen) atoms. The molecule has 0 N–H and O–H groups in total. The van der Waals surface area contributed by atoms with E-state index >= 15 is 0 Å². The Kier molecular flexibility index (Phi) is 3.66. The number of ether oxygens (including phenoxy) is 2. The van der Waals surface area contributed by atoms with Gasteiger partial charge in [0.15, 0.2) is 0 Å². The summed E-state index contributed by atoms with van der Waals surface area (Å²) in [7, 11) is 0. The van der Waals surface area contributed by atoms with E-state index in [-0.39, 0.29) is 11.7 Å². The summed E-state index contributed by atoms with van der Waals surface area (Å²) in [6.07, 6.45) is -5.26. The fraction of sp³-hybridized carbons (Fsp3) is 0.417. The number of amides is 1. The molecular formula is C12H12F3NO3. The van der Waals surface area contributed by atoms with E-state index in [2.05, 4.69) is 4.74 Å². The monoisotopic (exact) mass is 275 g/mol. The van der Waals surface area contributed by atoms with Crippen LogP contribution in [0.4, 0.5) is 18.9 Å². The summed E-state index contributed by atoms with van der Waals surface area (Å²) in [5.41, 5.74) is 0.523. The lowest BCUT2D eigenvalue weighted by Gasteiger charge is -2.30. The predicted octanol–water partition coefficient (Wildman–Crippen LogP) is 2.34. The fourth-order valence-corrected chi connectivity index (χ4v) is 1.81. The third kappa shape index (κ3) is 3.37. The molecule has 0 radical (unpaired) electrons. The second-order valence-electron chi connectivity index (χ2n) is 4.04. The molecule has 1 fully saturated rings. The standard InChI is InChI=1S/C12H12F3NO3/c1-8-11(17)16(6-7-18-8)9-2-4-10(5-3-9)19-12(13,14)15/h2-5,8H,6-7H2,1H3. The maximum atomic E-state index is 12.0. The second-order valence-corrected chi connectivity index (χ2v) is 4.04. The van der Waals surface area contributed by atoms with Gasteiger partial charge >= 0.3 is 6.36 Å². The summed E-state index contributed by atoms with van der Waals surface area (Å²) < 4.78 is 45.0. The number of morpholine rings is 1. The summed E-state index contributed by atoms with van der Waals surface area (Å²) >= 11 is 0. The molecule has 1 aliphatic rings. The van der Waals surface area contributed by atoms with Crippen LogP contribution in [0.15, 0.2) is 24.3 Å². The molecule has 7 heteroatoms. The first-order valence-electron chi connectivity index (χ1n) is 5.65. The number of anilines is 1. The van der Waals surface area contributed by atoms with E-state index in [9.17, 15) is 18.0 Å². The zero-order valence-corrected chi connectivity index (χ0v) is 10.1. The summed E-state index contributed by atoms with van der Waals surface area (Å²) in [6, 6.07) is 5.18. The van der Waals surface area contributed by atoms with Gasteiger partial charge in [-0.25, -0.2) is 0 Å². The van der Waals surface area contributed by atoms with Gasteiger partial charge in [0.25, 0.3) is 5.91 Å². The summed E-state index contributed by atoms with van der Waals surface area (Å²) in [6.45, 7) is 2.41. The van der Waals surface area contributed by atoms with Gasteiger partial charge in [-0.1, -0.05) is 0 Å². The minimum Gasteiger partial charge on any atom is -0.406 e. The zero-order chi connectivity index (χ0) is 14.0. The van der Waals surface area contributed by atoms with E-state index in [0.29, 0.717) is 18.8 Å². The first-order valence-corrected chi connectivity index (χ1v) is 5.65. The van der Waals surface area contributed by atoms with Crippen molar-refractivity contribution in [2.24, 2.45) is 0 Å². The van der Waals surface area contributed by atoms with Crippen LogP contribution in [0.5, 0.6) is 5.75 Å². The first-order chi connectivity index (χ1) is 8.87. The quantitative estimate of drug-likeness (QED) is 0.831. The molecule has 1 aromatic rings. The molecule has 1 heterocycles. The van der Waals surface area contributed by atoms with E-state index in [1.807, 2.05) is 0 Å². The lowest BCUT2D eigenvalue weighted by atomic mass is 10.2. The molecule has 104 valence electrons. The molecular weight excluding hydrogens is 263 g/mol. The average Bonchev–Trinajstić information content (AvgIpc) is 2.32. The largest absolute Gasteiger partial charge is 0.573 e. The van der Waals surface area contributed by atoms with Gasteiger partial charge in [-0.15, -0.1) is 13.2 Å². The van der Waals surface area contributed by atoms with Gasteiger partial charge in [0.2, 0.25) is 0 Å². The second kappa shape index (κ2) is 5.08. The molecule has 0 spiro atoms. The maximum Gasteiger partial charge on any atom is 0.573 e. The van der Waals surface area contributed by atoms with Crippen LogP contribution in [0.25, 0.3) is 0 Å². The number of carbonyl (C=O) groups excluding carboxylic acids is 1. The van der Waals surface area contributed by atoms with E-state index in [1.54, 1.807) is 6.92 Å². The number of halogens is 3. The highest BCUT2D eigenvalue weighted by Gasteiger charge is 2.31. The number of hydrogen-bond donors (Lipinski definition) is 0. The topological polar surface area (TPSA) is 38.8 Å². The summed E-state index contributed by atoms with van der Waals surface area (Å²) in [5.74, 6) is -0.527. The van der Waals surface area contributed by atoms with Crippen molar-refractivity contribution < 1.29 is 27.4 Å². The Morgan fingerprint density at radius 3 is 2.53 bits per heavy atom. The molecule has 0 aliphatic carbocycles. The molecule has 4 nitrogen and oxygen atoms in total. The van der Waals surface area contributed by atoms with E-state index in [0.717, 1.165) is 0 Å². The van der Waals surface area contributed by atoms with Crippen LogP contribution in [-0.4, -0.2) is 31.5 Å². The highest BCUT2D eigenvalue weighted by atomic mass is 19.4. The minimum absolute atomic E-state index is 0.212. The van der Waals surface area contributed by atoms with Crippen molar-refractivity contribution in [2.45, 2.75) is 19.4 Å². The van der Waals surface area contributed by atoms with Gasteiger partial charge in [-0.2, -0.15) is 0 Å². The molecule has 1 atom stereocenters. The number of carbonyl (C=O) groups is 1. The SMILES string of the molecule is CC1OCCN(c2ccc(OC(F)(F)F)cc2)C1=O. The molecule has 1 saturated heterocycles. The Morgan fingerprint density at radius 2 is 1.95 bits per heavy atom. The Hall–Kier alpha value is -1.76. The van der Waals surface area contributed by atoms with E-state index in [1.165, 1.54) is 29.2 Å². The Labute approximate surface area is 107 Å². The van der Waals surface area contributed by atoms with Crippen LogP contribution in [0, 0.1) is 0 Å². The van der Waals surface area contributed by atoms with Gasteiger partial charge in [0.05, 0.1) is 6.61 Å². The molecule has 0 bridgehead atoms. The number of benzene rings is 1. The fourth-order valence-electron chi connectivity index (χ4n) is 1.81. The predicted molar refractivity (Wildman–Crippen MR) is 60.9 cm³/mol. The van der Waals surface area contributed by atoms with Gasteiger partial charge in [0.1, 0.15) is 11.9 Å². The Bertz CT molecular complexity index is 458. The first kappa shape index (κ1) is 13.7. The molecule has 0 aromatic heterocycles. The molecule has 1 aromatic carbocycles. The highest BCUT2D eigenvalue weighted by molar-refractivity contribution is 5.96. The Morgan fingerprint density at radius 1 is 1.32 bits per heavy atom. The number of nitrogens with zero attached hydrogens (tertiary/aromatic N) is 1. The van der Waals surface area contributed by atoms with Crippen LogP contribution < -0.4 is 9.64 Å². The van der Waals surface area contributed by atoms with Crippen molar-refractivity contribution in [2.75, 3.05) is 18.1 Å². The van der Waals surface area contributed by atoms with Crippen molar-refractivity contribution in [1.29, 1.82) is 0 Å².